The van der Waals surface area contributed by atoms with E-state index in [0.29, 0.717) is 18.0 Å². The van der Waals surface area contributed by atoms with E-state index >= 15 is 0 Å². The number of rotatable bonds is 3. The molecule has 1 amide bonds. The molecule has 2 aliphatic rings. The molecule has 0 fully saturated rings. The smallest absolute Gasteiger partial charge is 0.236 e. The predicted molar refractivity (Wildman–Crippen MR) is 127 cm³/mol. The molecule has 1 heterocycles. The molecule has 2 unspecified atom stereocenters. The van der Waals surface area contributed by atoms with Gasteiger partial charge in [0.2, 0.25) is 5.91 Å². The third-order valence-corrected chi connectivity index (χ3v) is 7.08. The molecular formula is C28H20ClNO2. The number of benzene rings is 4. The Bertz CT molecular complexity index is 1390. The molecule has 1 aliphatic carbocycles. The zero-order chi connectivity index (χ0) is 21.8. The molecule has 0 saturated carbocycles. The maximum Gasteiger partial charge on any atom is 0.236 e. The van der Waals surface area contributed by atoms with Crippen LogP contribution in [0.3, 0.4) is 0 Å². The van der Waals surface area contributed by atoms with E-state index in [1.54, 1.807) is 4.90 Å². The molecule has 0 aromatic heterocycles. The molecule has 4 aromatic carbocycles. The number of anilines is 1. The van der Waals surface area contributed by atoms with Gasteiger partial charge in [0.1, 0.15) is 5.78 Å². The zero-order valence-corrected chi connectivity index (χ0v) is 18.0. The summed E-state index contributed by atoms with van der Waals surface area (Å²) in [6.45, 7) is 0.450. The van der Waals surface area contributed by atoms with Crippen LogP contribution in [-0.4, -0.2) is 11.7 Å². The number of carbonyl (C=O) groups is 2. The van der Waals surface area contributed by atoms with E-state index in [0.717, 1.165) is 38.7 Å². The maximum atomic E-state index is 13.9. The van der Waals surface area contributed by atoms with Crippen LogP contribution in [0, 0.1) is 0 Å². The molecule has 0 spiro atoms. The molecule has 32 heavy (non-hydrogen) atoms. The predicted octanol–water partition coefficient (Wildman–Crippen LogP) is 6.03. The number of carbonyl (C=O) groups excluding carboxylic acids is 2. The van der Waals surface area contributed by atoms with Gasteiger partial charge in [0, 0.05) is 22.7 Å². The minimum Gasteiger partial charge on any atom is -0.307 e. The minimum absolute atomic E-state index is 0.0633. The molecule has 156 valence electrons. The topological polar surface area (TPSA) is 37.4 Å². The van der Waals surface area contributed by atoms with Gasteiger partial charge >= 0.3 is 0 Å². The zero-order valence-electron chi connectivity index (χ0n) is 17.3. The fourth-order valence-corrected chi connectivity index (χ4v) is 5.70. The molecule has 4 heteroatoms. The van der Waals surface area contributed by atoms with Crippen LogP contribution in [0.25, 0.3) is 10.8 Å². The highest BCUT2D eigenvalue weighted by molar-refractivity contribution is 6.33. The summed E-state index contributed by atoms with van der Waals surface area (Å²) in [6.07, 6.45) is 0.335. The van der Waals surface area contributed by atoms with Crippen LogP contribution >= 0.6 is 11.6 Å². The van der Waals surface area contributed by atoms with Crippen molar-refractivity contribution in [1.29, 1.82) is 0 Å². The first-order valence-corrected chi connectivity index (χ1v) is 11.2. The van der Waals surface area contributed by atoms with Gasteiger partial charge in [-0.15, -0.1) is 0 Å². The van der Waals surface area contributed by atoms with Gasteiger partial charge in [-0.1, -0.05) is 84.4 Å². The van der Waals surface area contributed by atoms with Crippen LogP contribution in [0.5, 0.6) is 0 Å². The summed E-state index contributed by atoms with van der Waals surface area (Å²) >= 11 is 6.68. The second-order valence-electron chi connectivity index (χ2n) is 8.54. The highest BCUT2D eigenvalue weighted by Crippen LogP contribution is 2.51. The summed E-state index contributed by atoms with van der Waals surface area (Å²) in [7, 11) is 0. The molecule has 0 bridgehead atoms. The third kappa shape index (κ3) is 2.81. The number of ketones is 1. The lowest BCUT2D eigenvalue weighted by Gasteiger charge is -2.29. The summed E-state index contributed by atoms with van der Waals surface area (Å²) in [6, 6.07) is 27.6. The first-order chi connectivity index (χ1) is 15.6. The van der Waals surface area contributed by atoms with Gasteiger partial charge in [0.25, 0.3) is 0 Å². The van der Waals surface area contributed by atoms with E-state index in [2.05, 4.69) is 12.1 Å². The number of halogens is 1. The van der Waals surface area contributed by atoms with Crippen molar-refractivity contribution in [2.45, 2.75) is 24.8 Å². The second kappa shape index (κ2) is 7.32. The van der Waals surface area contributed by atoms with E-state index in [4.69, 9.17) is 11.6 Å². The Balaban J connectivity index is 1.53. The fraction of sp³-hybridized carbons (Fsp3) is 0.143. The van der Waals surface area contributed by atoms with Crippen molar-refractivity contribution in [1.82, 2.24) is 0 Å². The summed E-state index contributed by atoms with van der Waals surface area (Å²) in [5.74, 6) is -1.15. The molecule has 0 radical (unpaired) electrons. The lowest BCUT2D eigenvalue weighted by Crippen LogP contribution is -2.34. The Morgan fingerprint density at radius 1 is 0.812 bits per heavy atom. The number of hydrogen-bond donors (Lipinski definition) is 0. The summed E-state index contributed by atoms with van der Waals surface area (Å²) in [5, 5.41) is 2.74. The Hall–Kier alpha value is -3.43. The van der Waals surface area contributed by atoms with Gasteiger partial charge in [0.15, 0.2) is 0 Å². The summed E-state index contributed by atoms with van der Waals surface area (Å²) < 4.78 is 0. The summed E-state index contributed by atoms with van der Waals surface area (Å²) in [4.78, 5) is 29.2. The molecule has 0 N–H and O–H groups in total. The van der Waals surface area contributed by atoms with E-state index in [9.17, 15) is 9.59 Å². The molecule has 3 nitrogen and oxygen atoms in total. The van der Waals surface area contributed by atoms with Gasteiger partial charge in [-0.05, 0) is 39.6 Å². The Kier molecular flexibility index (Phi) is 4.41. The van der Waals surface area contributed by atoms with E-state index in [1.165, 1.54) is 0 Å². The first-order valence-electron chi connectivity index (χ1n) is 10.8. The molecule has 0 saturated heterocycles. The van der Waals surface area contributed by atoms with Crippen LogP contribution in [0.15, 0.2) is 84.9 Å². The van der Waals surface area contributed by atoms with E-state index < -0.39 is 11.8 Å². The quantitative estimate of drug-likeness (QED) is 0.392. The van der Waals surface area contributed by atoms with E-state index in [1.807, 2.05) is 72.8 Å². The molecule has 2 atom stereocenters. The van der Waals surface area contributed by atoms with Crippen molar-refractivity contribution in [2.24, 2.45) is 0 Å². The number of amides is 1. The van der Waals surface area contributed by atoms with Crippen LogP contribution in [0.4, 0.5) is 5.69 Å². The van der Waals surface area contributed by atoms with Crippen molar-refractivity contribution < 1.29 is 9.59 Å². The van der Waals surface area contributed by atoms with Crippen molar-refractivity contribution in [3.05, 3.63) is 112 Å². The standard InChI is InChI=1S/C28H20ClNO2/c29-21-13-6-14-22-26(21)27(28(32)30(22)16-17-7-2-1-3-8-17)25-20-12-5-10-18-9-4-11-19(24(18)20)15-23(25)31/h1-14,25,27H,15-16H2. The van der Waals surface area contributed by atoms with E-state index in [-0.39, 0.29) is 11.7 Å². The van der Waals surface area contributed by atoms with Gasteiger partial charge in [-0.3, -0.25) is 9.59 Å². The summed E-state index contributed by atoms with van der Waals surface area (Å²) in [5.41, 5.74) is 4.57. The average molecular weight is 438 g/mol. The number of hydrogen-bond acceptors (Lipinski definition) is 2. The van der Waals surface area contributed by atoms with Crippen LogP contribution < -0.4 is 4.90 Å². The fourth-order valence-electron chi connectivity index (χ4n) is 5.41. The lowest BCUT2D eigenvalue weighted by molar-refractivity contribution is -0.126. The third-order valence-electron chi connectivity index (χ3n) is 6.75. The molecule has 1 aliphatic heterocycles. The largest absolute Gasteiger partial charge is 0.307 e. The molecule has 6 rings (SSSR count). The van der Waals surface area contributed by atoms with Crippen molar-refractivity contribution in [3.63, 3.8) is 0 Å². The Morgan fingerprint density at radius 2 is 1.56 bits per heavy atom. The van der Waals surface area contributed by atoms with Gasteiger partial charge in [-0.25, -0.2) is 0 Å². The second-order valence-corrected chi connectivity index (χ2v) is 8.95. The van der Waals surface area contributed by atoms with Gasteiger partial charge in [-0.2, -0.15) is 0 Å². The Morgan fingerprint density at radius 3 is 2.38 bits per heavy atom. The average Bonchev–Trinajstić information content (AvgIpc) is 3.07. The molecule has 4 aromatic rings. The van der Waals surface area contributed by atoms with Crippen molar-refractivity contribution >= 4 is 39.8 Å². The maximum absolute atomic E-state index is 13.9. The SMILES string of the molecule is O=C1Cc2cccc3cccc(c23)C1C1C(=O)N(Cc2ccccc2)c2cccc(Cl)c21. The molecular weight excluding hydrogens is 418 g/mol. The van der Waals surface area contributed by atoms with Gasteiger partial charge in [0.05, 0.1) is 18.4 Å². The Labute approximate surface area is 191 Å². The van der Waals surface area contributed by atoms with Crippen LogP contribution in [0.1, 0.15) is 34.1 Å². The van der Waals surface area contributed by atoms with Crippen molar-refractivity contribution in [2.75, 3.05) is 4.90 Å². The number of Topliss-reactive ketones (excluding diaryl/α,β-unsaturated/α-hetero) is 1. The number of nitrogens with zero attached hydrogens (tertiary/aromatic N) is 1. The van der Waals surface area contributed by atoms with Crippen LogP contribution in [-0.2, 0) is 22.6 Å². The first kappa shape index (κ1) is 19.3. The highest BCUT2D eigenvalue weighted by Gasteiger charge is 2.47. The minimum atomic E-state index is -0.617. The van der Waals surface area contributed by atoms with Crippen LogP contribution in [0.2, 0.25) is 5.02 Å². The normalized spacial score (nSPS) is 19.5. The van der Waals surface area contributed by atoms with Gasteiger partial charge < -0.3 is 4.90 Å². The monoisotopic (exact) mass is 437 g/mol. The highest BCUT2D eigenvalue weighted by atomic mass is 35.5. The van der Waals surface area contributed by atoms with Crippen molar-refractivity contribution in [3.8, 4) is 0 Å². The lowest BCUT2D eigenvalue weighted by atomic mass is 9.72. The number of fused-ring (bicyclic) bond motifs is 1.